The van der Waals surface area contributed by atoms with Crippen molar-refractivity contribution in [1.29, 1.82) is 0 Å². The largest absolute Gasteiger partial charge is 0.534 e. The summed E-state index contributed by atoms with van der Waals surface area (Å²) < 4.78 is 4.96. The molecule has 1 heterocycles. The first kappa shape index (κ1) is 12.7. The molecule has 1 aliphatic heterocycles. The first-order valence-corrected chi connectivity index (χ1v) is 5.59. The molecule has 0 bridgehead atoms. The second kappa shape index (κ2) is 6.25. The molecule has 1 aromatic carbocycles. The lowest BCUT2D eigenvalue weighted by molar-refractivity contribution is -0.0637. The minimum Gasteiger partial charge on any atom is -0.428 e. The second-order valence-corrected chi connectivity index (χ2v) is 3.64. The van der Waals surface area contributed by atoms with Gasteiger partial charge in [-0.2, -0.15) is 5.06 Å². The lowest BCUT2D eigenvalue weighted by Gasteiger charge is -2.13. The number of nitrogens with zero attached hydrogens (tertiary/aromatic N) is 2. The van der Waals surface area contributed by atoms with Gasteiger partial charge in [-0.05, 0) is 11.6 Å². The predicted octanol–water partition coefficient (Wildman–Crippen LogP) is 1.91. The summed E-state index contributed by atoms with van der Waals surface area (Å²) in [4.78, 5) is 20.2. The fraction of sp³-hybridized carbons (Fsp3) is 0.0769. The Bertz CT molecular complexity index is 523. The van der Waals surface area contributed by atoms with Crippen molar-refractivity contribution < 1.29 is 14.4 Å². The maximum absolute atomic E-state index is 11.5. The summed E-state index contributed by atoms with van der Waals surface area (Å²) in [6, 6.07) is 9.33. The van der Waals surface area contributed by atoms with Crippen LogP contribution in [0.25, 0.3) is 0 Å². The molecule has 6 nitrogen and oxygen atoms in total. The number of rotatable bonds is 3. The van der Waals surface area contributed by atoms with Crippen LogP contribution in [-0.2, 0) is 16.2 Å². The Morgan fingerprint density at radius 2 is 2.05 bits per heavy atom. The Balaban J connectivity index is 1.81. The normalized spacial score (nSPS) is 13.7. The van der Waals surface area contributed by atoms with Gasteiger partial charge >= 0.3 is 6.16 Å². The molecule has 0 atom stereocenters. The zero-order valence-corrected chi connectivity index (χ0v) is 10.1. The summed E-state index contributed by atoms with van der Waals surface area (Å²) >= 11 is 0. The minimum atomic E-state index is -0.807. The lowest BCUT2D eigenvalue weighted by Crippen LogP contribution is -2.18. The van der Waals surface area contributed by atoms with Crippen molar-refractivity contribution in [3.8, 4) is 0 Å². The number of hydrogen-bond donors (Lipinski definition) is 1. The number of aliphatic imine (C=N–C) groups is 1. The van der Waals surface area contributed by atoms with Gasteiger partial charge in [-0.3, -0.25) is 0 Å². The standard InChI is InChI=1S/C13H13N3O3/c14-12-6-8-16(9-7-15-12)19-13(17)18-10-11-4-2-1-3-5-11/h1-9H,10H2,(H2,14,15). The van der Waals surface area contributed by atoms with Gasteiger partial charge < -0.3 is 15.3 Å². The van der Waals surface area contributed by atoms with Gasteiger partial charge in [0.05, 0.1) is 6.20 Å². The third-order valence-electron chi connectivity index (χ3n) is 2.21. The van der Waals surface area contributed by atoms with Crippen molar-refractivity contribution in [3.63, 3.8) is 0 Å². The Labute approximate surface area is 110 Å². The van der Waals surface area contributed by atoms with Crippen LogP contribution in [0, 0.1) is 0 Å². The molecule has 0 amide bonds. The monoisotopic (exact) mass is 259 g/mol. The van der Waals surface area contributed by atoms with Gasteiger partial charge in [0.2, 0.25) is 0 Å². The van der Waals surface area contributed by atoms with E-state index < -0.39 is 6.16 Å². The molecule has 0 fully saturated rings. The molecular weight excluding hydrogens is 246 g/mol. The van der Waals surface area contributed by atoms with E-state index in [9.17, 15) is 4.79 Å². The van der Waals surface area contributed by atoms with E-state index in [0.29, 0.717) is 5.84 Å². The highest BCUT2D eigenvalue weighted by Gasteiger charge is 2.09. The van der Waals surface area contributed by atoms with Crippen LogP contribution < -0.4 is 5.73 Å². The van der Waals surface area contributed by atoms with E-state index in [-0.39, 0.29) is 6.61 Å². The average Bonchev–Trinajstić information content (AvgIpc) is 2.63. The molecule has 19 heavy (non-hydrogen) atoms. The molecule has 2 N–H and O–H groups in total. The Hall–Kier alpha value is -2.76. The highest BCUT2D eigenvalue weighted by atomic mass is 16.8. The summed E-state index contributed by atoms with van der Waals surface area (Å²) in [5.74, 6) is 0.319. The number of benzene rings is 1. The fourth-order valence-corrected chi connectivity index (χ4v) is 1.32. The number of hydroxylamine groups is 2. The van der Waals surface area contributed by atoms with Crippen LogP contribution in [0.3, 0.4) is 0 Å². The number of hydrogen-bond acceptors (Lipinski definition) is 6. The third kappa shape index (κ3) is 4.19. The van der Waals surface area contributed by atoms with Gasteiger partial charge in [-0.15, -0.1) is 0 Å². The van der Waals surface area contributed by atoms with Crippen LogP contribution in [0.5, 0.6) is 0 Å². The lowest BCUT2D eigenvalue weighted by atomic mass is 10.2. The van der Waals surface area contributed by atoms with Gasteiger partial charge in [-0.25, -0.2) is 9.79 Å². The van der Waals surface area contributed by atoms with Crippen LogP contribution in [0.4, 0.5) is 4.79 Å². The van der Waals surface area contributed by atoms with E-state index in [1.807, 2.05) is 30.3 Å². The molecule has 0 saturated heterocycles. The van der Waals surface area contributed by atoms with Crippen molar-refractivity contribution in [2.45, 2.75) is 6.61 Å². The smallest absolute Gasteiger partial charge is 0.428 e. The van der Waals surface area contributed by atoms with E-state index in [1.54, 1.807) is 0 Å². The van der Waals surface area contributed by atoms with Crippen LogP contribution in [0.1, 0.15) is 5.56 Å². The molecule has 0 spiro atoms. The SMILES string of the molecule is NC1=NC=CN(OC(=O)OCc2ccccc2)C=C1. The number of ether oxygens (including phenoxy) is 1. The third-order valence-corrected chi connectivity index (χ3v) is 2.21. The van der Waals surface area contributed by atoms with Crippen molar-refractivity contribution in [2.75, 3.05) is 0 Å². The molecule has 0 unspecified atom stereocenters. The highest BCUT2D eigenvalue weighted by Crippen LogP contribution is 2.04. The van der Waals surface area contributed by atoms with E-state index in [1.165, 1.54) is 24.7 Å². The topological polar surface area (TPSA) is 77.1 Å². The maximum Gasteiger partial charge on any atom is 0.534 e. The molecule has 0 aromatic heterocycles. The van der Waals surface area contributed by atoms with E-state index in [4.69, 9.17) is 15.3 Å². The Morgan fingerprint density at radius 1 is 1.26 bits per heavy atom. The molecule has 0 radical (unpaired) electrons. The number of nitrogens with two attached hydrogens (primary N) is 1. The van der Waals surface area contributed by atoms with Gasteiger partial charge in [0.25, 0.3) is 0 Å². The summed E-state index contributed by atoms with van der Waals surface area (Å²) in [7, 11) is 0. The van der Waals surface area contributed by atoms with Crippen molar-refractivity contribution in [2.24, 2.45) is 10.7 Å². The summed E-state index contributed by atoms with van der Waals surface area (Å²) in [5, 5.41) is 1.16. The molecule has 2 rings (SSSR count). The molecule has 1 aromatic rings. The van der Waals surface area contributed by atoms with E-state index >= 15 is 0 Å². The zero-order valence-electron chi connectivity index (χ0n) is 10.1. The van der Waals surface area contributed by atoms with E-state index in [2.05, 4.69) is 4.99 Å². The van der Waals surface area contributed by atoms with Crippen molar-refractivity contribution in [1.82, 2.24) is 5.06 Å². The van der Waals surface area contributed by atoms with E-state index in [0.717, 1.165) is 10.6 Å². The Kier molecular flexibility index (Phi) is 4.17. The molecule has 0 saturated carbocycles. The van der Waals surface area contributed by atoms with Crippen molar-refractivity contribution in [3.05, 3.63) is 60.6 Å². The quantitative estimate of drug-likeness (QED) is 0.839. The van der Waals surface area contributed by atoms with Crippen molar-refractivity contribution >= 4 is 12.0 Å². The predicted molar refractivity (Wildman–Crippen MR) is 69.5 cm³/mol. The molecule has 1 aliphatic rings. The first-order chi connectivity index (χ1) is 9.24. The van der Waals surface area contributed by atoms with Gasteiger partial charge in [0.15, 0.2) is 0 Å². The van der Waals surface area contributed by atoms with Crippen LogP contribution in [0.15, 0.2) is 60.0 Å². The number of carbonyl (C=O) groups is 1. The van der Waals surface area contributed by atoms with Gasteiger partial charge in [-0.1, -0.05) is 30.3 Å². The molecule has 98 valence electrons. The maximum atomic E-state index is 11.5. The first-order valence-electron chi connectivity index (χ1n) is 5.59. The second-order valence-electron chi connectivity index (χ2n) is 3.64. The molecular formula is C13H13N3O3. The number of amidine groups is 1. The van der Waals surface area contributed by atoms with Crippen LogP contribution in [-0.4, -0.2) is 17.1 Å². The molecule has 6 heteroatoms. The van der Waals surface area contributed by atoms with Crippen LogP contribution >= 0.6 is 0 Å². The number of carbonyl (C=O) groups excluding carboxylic acids is 1. The van der Waals surface area contributed by atoms with Crippen LogP contribution in [0.2, 0.25) is 0 Å². The molecule has 0 aliphatic carbocycles. The Morgan fingerprint density at radius 3 is 2.84 bits per heavy atom. The summed E-state index contributed by atoms with van der Waals surface area (Å²) in [5.41, 5.74) is 6.36. The highest BCUT2D eigenvalue weighted by molar-refractivity contribution is 5.91. The summed E-state index contributed by atoms with van der Waals surface area (Å²) in [6.07, 6.45) is 5.02. The van der Waals surface area contributed by atoms with Gasteiger partial charge in [0.1, 0.15) is 12.4 Å². The average molecular weight is 259 g/mol. The van der Waals surface area contributed by atoms with Gasteiger partial charge in [0, 0.05) is 12.4 Å². The fourth-order valence-electron chi connectivity index (χ4n) is 1.32. The minimum absolute atomic E-state index is 0.152. The zero-order chi connectivity index (χ0) is 13.5. The summed E-state index contributed by atoms with van der Waals surface area (Å²) in [6.45, 7) is 0.152.